The maximum atomic E-state index is 5.67. The van der Waals surface area contributed by atoms with Gasteiger partial charge in [-0.25, -0.2) is 0 Å². The van der Waals surface area contributed by atoms with Gasteiger partial charge in [0.05, 0.1) is 6.10 Å². The molecule has 1 aliphatic rings. The van der Waals surface area contributed by atoms with E-state index >= 15 is 0 Å². The molecule has 0 amide bonds. The van der Waals surface area contributed by atoms with Crippen molar-refractivity contribution in [3.8, 4) is 0 Å². The molecule has 0 aliphatic carbocycles. The van der Waals surface area contributed by atoms with Crippen LogP contribution in [-0.2, 0) is 9.47 Å². The van der Waals surface area contributed by atoms with Crippen LogP contribution < -0.4 is 11.5 Å². The van der Waals surface area contributed by atoms with Crippen LogP contribution in [0.1, 0.15) is 6.42 Å². The van der Waals surface area contributed by atoms with Gasteiger partial charge in [-0.05, 0) is 0 Å². The van der Waals surface area contributed by atoms with Gasteiger partial charge in [0.1, 0.15) is 0 Å². The van der Waals surface area contributed by atoms with Crippen molar-refractivity contribution in [2.45, 2.75) is 24.9 Å². The normalized spacial score (nSPS) is 40.5. The summed E-state index contributed by atoms with van der Waals surface area (Å²) in [6, 6.07) is 0.0370. The smallest absolute Gasteiger partial charge is 0.159 e. The zero-order valence-electron chi connectivity index (χ0n) is 6.12. The van der Waals surface area contributed by atoms with E-state index in [9.17, 15) is 0 Å². The molecule has 60 valence electrons. The fourth-order valence-corrected chi connectivity index (χ4v) is 1.11. The highest BCUT2D eigenvalue weighted by Gasteiger charge is 2.31. The van der Waals surface area contributed by atoms with E-state index in [-0.39, 0.29) is 18.4 Å². The second-order valence-electron chi connectivity index (χ2n) is 2.48. The summed E-state index contributed by atoms with van der Waals surface area (Å²) in [7, 11) is 1.61. The number of nitrogens with two attached hydrogens (primary N) is 2. The van der Waals surface area contributed by atoms with Gasteiger partial charge in [-0.1, -0.05) is 0 Å². The van der Waals surface area contributed by atoms with Crippen molar-refractivity contribution in [3.63, 3.8) is 0 Å². The molecular formula is C6H14N2O2. The third-order valence-electron chi connectivity index (χ3n) is 1.76. The molecule has 0 spiro atoms. The van der Waals surface area contributed by atoms with E-state index in [0.717, 1.165) is 6.42 Å². The Bertz CT molecular complexity index is 110. The van der Waals surface area contributed by atoms with E-state index in [4.69, 9.17) is 20.9 Å². The second-order valence-corrected chi connectivity index (χ2v) is 2.48. The molecule has 4 N–H and O–H groups in total. The van der Waals surface area contributed by atoms with Crippen LogP contribution >= 0.6 is 0 Å². The van der Waals surface area contributed by atoms with Gasteiger partial charge in [-0.15, -0.1) is 0 Å². The minimum atomic E-state index is -0.149. The van der Waals surface area contributed by atoms with Crippen LogP contribution in [0.5, 0.6) is 0 Å². The Labute approximate surface area is 60.5 Å². The van der Waals surface area contributed by atoms with Gasteiger partial charge in [-0.2, -0.15) is 0 Å². The average molecular weight is 146 g/mol. The molecule has 1 aliphatic heterocycles. The van der Waals surface area contributed by atoms with Crippen molar-refractivity contribution in [1.29, 1.82) is 0 Å². The zero-order chi connectivity index (χ0) is 7.56. The first-order valence-electron chi connectivity index (χ1n) is 3.42. The molecule has 0 bridgehead atoms. The van der Waals surface area contributed by atoms with Crippen molar-refractivity contribution >= 4 is 0 Å². The first kappa shape index (κ1) is 7.94. The molecule has 0 unspecified atom stereocenters. The van der Waals surface area contributed by atoms with E-state index in [1.54, 1.807) is 7.11 Å². The molecule has 0 radical (unpaired) electrons. The van der Waals surface area contributed by atoms with Gasteiger partial charge < -0.3 is 20.9 Å². The van der Waals surface area contributed by atoms with E-state index in [1.807, 2.05) is 0 Å². The SMILES string of the molecule is CO[C@@H]1C[C@H](N)[C@@H](CN)O1. The van der Waals surface area contributed by atoms with Gasteiger partial charge in [0.15, 0.2) is 6.29 Å². The molecule has 0 saturated carbocycles. The summed E-state index contributed by atoms with van der Waals surface area (Å²) in [5.74, 6) is 0. The molecular weight excluding hydrogens is 132 g/mol. The number of rotatable bonds is 2. The summed E-state index contributed by atoms with van der Waals surface area (Å²) < 4.78 is 10.3. The van der Waals surface area contributed by atoms with Crippen molar-refractivity contribution < 1.29 is 9.47 Å². The topological polar surface area (TPSA) is 70.5 Å². The Morgan fingerprint density at radius 2 is 2.40 bits per heavy atom. The minimum Gasteiger partial charge on any atom is -0.356 e. The summed E-state index contributed by atoms with van der Waals surface area (Å²) in [5, 5.41) is 0. The summed E-state index contributed by atoms with van der Waals surface area (Å²) in [4.78, 5) is 0. The van der Waals surface area contributed by atoms with E-state index in [2.05, 4.69) is 0 Å². The van der Waals surface area contributed by atoms with Crippen molar-refractivity contribution in [2.75, 3.05) is 13.7 Å². The monoisotopic (exact) mass is 146 g/mol. The van der Waals surface area contributed by atoms with Gasteiger partial charge in [-0.3, -0.25) is 0 Å². The predicted molar refractivity (Wildman–Crippen MR) is 37.3 cm³/mol. The lowest BCUT2D eigenvalue weighted by atomic mass is 10.1. The molecule has 1 saturated heterocycles. The van der Waals surface area contributed by atoms with Crippen LogP contribution in [-0.4, -0.2) is 32.1 Å². The number of hydrogen-bond acceptors (Lipinski definition) is 4. The first-order chi connectivity index (χ1) is 4.77. The quantitative estimate of drug-likeness (QED) is 0.526. The summed E-state index contributed by atoms with van der Waals surface area (Å²) in [5.41, 5.74) is 11.1. The van der Waals surface area contributed by atoms with Crippen LogP contribution in [0.4, 0.5) is 0 Å². The van der Waals surface area contributed by atoms with Gasteiger partial charge in [0.25, 0.3) is 0 Å². The molecule has 0 aromatic rings. The third kappa shape index (κ3) is 1.46. The van der Waals surface area contributed by atoms with Crippen LogP contribution in [0.25, 0.3) is 0 Å². The fourth-order valence-electron chi connectivity index (χ4n) is 1.11. The standard InChI is InChI=1S/C6H14N2O2/c1-9-6-2-4(8)5(3-7)10-6/h4-6H,2-3,7-8H2,1H3/t4-,5+,6-/m0/s1. The molecule has 4 heteroatoms. The molecule has 0 aromatic carbocycles. The molecule has 10 heavy (non-hydrogen) atoms. The maximum absolute atomic E-state index is 5.67. The van der Waals surface area contributed by atoms with Gasteiger partial charge >= 0.3 is 0 Å². The molecule has 1 rings (SSSR count). The number of ether oxygens (including phenoxy) is 2. The van der Waals surface area contributed by atoms with Crippen molar-refractivity contribution in [1.82, 2.24) is 0 Å². The van der Waals surface area contributed by atoms with Crippen molar-refractivity contribution in [2.24, 2.45) is 11.5 Å². The van der Waals surface area contributed by atoms with Crippen LogP contribution in [0.2, 0.25) is 0 Å². The molecule has 0 aromatic heterocycles. The van der Waals surface area contributed by atoms with E-state index in [1.165, 1.54) is 0 Å². The molecule has 1 fully saturated rings. The second kappa shape index (κ2) is 3.30. The Morgan fingerprint density at radius 1 is 1.70 bits per heavy atom. The third-order valence-corrected chi connectivity index (χ3v) is 1.76. The summed E-state index contributed by atoms with van der Waals surface area (Å²) in [6.45, 7) is 0.473. The Balaban J connectivity index is 2.36. The Morgan fingerprint density at radius 3 is 2.70 bits per heavy atom. The highest BCUT2D eigenvalue weighted by Crippen LogP contribution is 2.17. The number of hydrogen-bond donors (Lipinski definition) is 2. The minimum absolute atomic E-state index is 0.0232. The molecule has 4 nitrogen and oxygen atoms in total. The van der Waals surface area contributed by atoms with E-state index < -0.39 is 0 Å². The zero-order valence-corrected chi connectivity index (χ0v) is 6.12. The lowest BCUT2D eigenvalue weighted by Gasteiger charge is -2.10. The van der Waals surface area contributed by atoms with Gasteiger partial charge in [0, 0.05) is 26.1 Å². The number of methoxy groups -OCH3 is 1. The lowest BCUT2D eigenvalue weighted by molar-refractivity contribution is -0.112. The lowest BCUT2D eigenvalue weighted by Crippen LogP contribution is -2.35. The Hall–Kier alpha value is -0.160. The largest absolute Gasteiger partial charge is 0.356 e. The maximum Gasteiger partial charge on any atom is 0.159 e. The highest BCUT2D eigenvalue weighted by atomic mass is 16.7. The summed E-state index contributed by atoms with van der Waals surface area (Å²) >= 11 is 0. The van der Waals surface area contributed by atoms with E-state index in [0.29, 0.717) is 6.54 Å². The Kier molecular flexibility index (Phi) is 2.62. The van der Waals surface area contributed by atoms with Crippen LogP contribution in [0, 0.1) is 0 Å². The average Bonchev–Trinajstić information content (AvgIpc) is 2.30. The van der Waals surface area contributed by atoms with Crippen LogP contribution in [0.15, 0.2) is 0 Å². The highest BCUT2D eigenvalue weighted by molar-refractivity contribution is 4.81. The molecule has 1 heterocycles. The predicted octanol–water partition coefficient (Wildman–Crippen LogP) is -0.966. The van der Waals surface area contributed by atoms with Gasteiger partial charge in [0.2, 0.25) is 0 Å². The molecule has 3 atom stereocenters. The summed E-state index contributed by atoms with van der Waals surface area (Å²) in [6.07, 6.45) is 0.576. The van der Waals surface area contributed by atoms with Crippen molar-refractivity contribution in [3.05, 3.63) is 0 Å². The first-order valence-corrected chi connectivity index (χ1v) is 3.42. The fraction of sp³-hybridized carbons (Fsp3) is 1.00. The van der Waals surface area contributed by atoms with Crippen LogP contribution in [0.3, 0.4) is 0 Å².